The van der Waals surface area contributed by atoms with E-state index >= 15 is 0 Å². The van der Waals surface area contributed by atoms with Crippen LogP contribution in [0, 0.1) is 5.82 Å². The van der Waals surface area contributed by atoms with E-state index in [1.54, 1.807) is 0 Å². The minimum Gasteiger partial charge on any atom is -0.492 e. The van der Waals surface area contributed by atoms with Crippen molar-refractivity contribution >= 4 is 11.8 Å². The third kappa shape index (κ3) is 5.83. The average molecular weight is 285 g/mol. The van der Waals surface area contributed by atoms with Gasteiger partial charge < -0.3 is 10.1 Å². The predicted octanol–water partition coefficient (Wildman–Crippen LogP) is 4.02. The van der Waals surface area contributed by atoms with Crippen molar-refractivity contribution < 1.29 is 9.13 Å². The second-order valence-corrected chi connectivity index (χ2v) is 5.80. The van der Waals surface area contributed by atoms with E-state index < -0.39 is 0 Å². The molecule has 0 amide bonds. The van der Waals surface area contributed by atoms with Crippen LogP contribution in [-0.2, 0) is 0 Å². The van der Waals surface area contributed by atoms with Gasteiger partial charge in [-0.2, -0.15) is 11.8 Å². The number of hydrogen-bond acceptors (Lipinski definition) is 3. The molecule has 0 bridgehead atoms. The minimum absolute atomic E-state index is 0.175. The molecule has 1 N–H and O–H groups in total. The lowest BCUT2D eigenvalue weighted by molar-refractivity contribution is 0.334. The number of rotatable bonds is 9. The number of hydrogen-bond donors (Lipinski definition) is 1. The van der Waals surface area contributed by atoms with E-state index in [-0.39, 0.29) is 11.9 Å². The van der Waals surface area contributed by atoms with Gasteiger partial charge >= 0.3 is 0 Å². The van der Waals surface area contributed by atoms with E-state index in [2.05, 4.69) is 26.1 Å². The molecular weight excluding hydrogens is 261 g/mol. The van der Waals surface area contributed by atoms with Gasteiger partial charge in [-0.25, -0.2) is 4.39 Å². The lowest BCUT2D eigenvalue weighted by Gasteiger charge is -2.18. The number of halogens is 1. The van der Waals surface area contributed by atoms with Gasteiger partial charge in [-0.15, -0.1) is 0 Å². The first-order valence-electron chi connectivity index (χ1n) is 6.92. The Kier molecular flexibility index (Phi) is 7.91. The van der Waals surface area contributed by atoms with Crippen LogP contribution in [0.15, 0.2) is 18.2 Å². The average Bonchev–Trinajstić information content (AvgIpc) is 2.41. The molecule has 0 spiro atoms. The Morgan fingerprint density at radius 3 is 2.84 bits per heavy atom. The Labute approximate surface area is 120 Å². The molecule has 2 nitrogen and oxygen atoms in total. The van der Waals surface area contributed by atoms with Gasteiger partial charge in [0.1, 0.15) is 11.6 Å². The molecule has 0 aliphatic rings. The summed E-state index contributed by atoms with van der Waals surface area (Å²) in [6.45, 7) is 7.90. The zero-order valence-corrected chi connectivity index (χ0v) is 12.9. The van der Waals surface area contributed by atoms with Crippen molar-refractivity contribution in [1.82, 2.24) is 5.32 Å². The van der Waals surface area contributed by atoms with Crippen LogP contribution in [0.3, 0.4) is 0 Å². The Balaban J connectivity index is 2.67. The highest BCUT2D eigenvalue weighted by Gasteiger charge is 2.12. The van der Waals surface area contributed by atoms with Crippen molar-refractivity contribution in [3.05, 3.63) is 29.6 Å². The molecule has 0 heterocycles. The van der Waals surface area contributed by atoms with E-state index in [0.717, 1.165) is 30.0 Å². The van der Waals surface area contributed by atoms with Gasteiger partial charge in [0, 0.05) is 23.4 Å². The fraction of sp³-hybridized carbons (Fsp3) is 0.600. The molecule has 1 atom stereocenters. The molecule has 1 aromatic carbocycles. The summed E-state index contributed by atoms with van der Waals surface area (Å²) in [5, 5.41) is 3.40. The van der Waals surface area contributed by atoms with E-state index in [4.69, 9.17) is 4.74 Å². The smallest absolute Gasteiger partial charge is 0.127 e. The monoisotopic (exact) mass is 285 g/mol. The van der Waals surface area contributed by atoms with Gasteiger partial charge in [0.2, 0.25) is 0 Å². The SMILES string of the molecule is CCCNC(C)c1ccc(F)cc1OCCSCC. The molecule has 1 rings (SSSR count). The van der Waals surface area contributed by atoms with Crippen LogP contribution in [0.5, 0.6) is 5.75 Å². The van der Waals surface area contributed by atoms with Gasteiger partial charge in [-0.1, -0.05) is 19.9 Å². The maximum absolute atomic E-state index is 13.3. The molecule has 0 saturated carbocycles. The van der Waals surface area contributed by atoms with Crippen molar-refractivity contribution in [2.45, 2.75) is 33.2 Å². The molecule has 0 aliphatic carbocycles. The maximum Gasteiger partial charge on any atom is 0.127 e. The van der Waals surface area contributed by atoms with Crippen molar-refractivity contribution in [2.24, 2.45) is 0 Å². The van der Waals surface area contributed by atoms with Gasteiger partial charge in [-0.05, 0) is 31.7 Å². The minimum atomic E-state index is -0.246. The lowest BCUT2D eigenvalue weighted by Crippen LogP contribution is -2.20. The first-order valence-corrected chi connectivity index (χ1v) is 8.07. The molecule has 1 aromatic rings. The maximum atomic E-state index is 13.3. The largest absolute Gasteiger partial charge is 0.492 e. The standard InChI is InChI=1S/C15H24FNOS/c1-4-8-17-12(3)14-7-6-13(16)11-15(14)18-9-10-19-5-2/h6-7,11-12,17H,4-5,8-10H2,1-3H3. The zero-order chi connectivity index (χ0) is 14.1. The van der Waals surface area contributed by atoms with Crippen LogP contribution in [0.4, 0.5) is 4.39 Å². The number of benzene rings is 1. The molecule has 0 radical (unpaired) electrons. The zero-order valence-electron chi connectivity index (χ0n) is 12.0. The van der Waals surface area contributed by atoms with Gasteiger partial charge in [0.25, 0.3) is 0 Å². The second-order valence-electron chi connectivity index (χ2n) is 4.40. The van der Waals surface area contributed by atoms with E-state index in [9.17, 15) is 4.39 Å². The topological polar surface area (TPSA) is 21.3 Å². The van der Waals surface area contributed by atoms with Gasteiger partial charge in [0.05, 0.1) is 6.61 Å². The highest BCUT2D eigenvalue weighted by molar-refractivity contribution is 7.99. The summed E-state index contributed by atoms with van der Waals surface area (Å²) in [6.07, 6.45) is 1.08. The molecule has 0 fully saturated rings. The van der Waals surface area contributed by atoms with Crippen molar-refractivity contribution in [2.75, 3.05) is 24.7 Å². The summed E-state index contributed by atoms with van der Waals surface area (Å²) in [5.41, 5.74) is 1.02. The van der Waals surface area contributed by atoms with Crippen molar-refractivity contribution in [3.8, 4) is 5.75 Å². The second kappa shape index (κ2) is 9.21. The van der Waals surface area contributed by atoms with Crippen LogP contribution in [0.1, 0.15) is 38.8 Å². The Hall–Kier alpha value is -0.740. The molecule has 108 valence electrons. The van der Waals surface area contributed by atoms with Gasteiger partial charge in [-0.3, -0.25) is 0 Å². The Morgan fingerprint density at radius 1 is 1.37 bits per heavy atom. The molecule has 1 unspecified atom stereocenters. The first-order chi connectivity index (χ1) is 9.19. The van der Waals surface area contributed by atoms with Crippen LogP contribution in [0.25, 0.3) is 0 Å². The van der Waals surface area contributed by atoms with E-state index in [1.165, 1.54) is 12.1 Å². The Bertz CT molecular complexity index is 373. The summed E-state index contributed by atoms with van der Waals surface area (Å²) in [7, 11) is 0. The fourth-order valence-corrected chi connectivity index (χ4v) is 2.31. The molecule has 0 saturated heterocycles. The summed E-state index contributed by atoms with van der Waals surface area (Å²) < 4.78 is 19.1. The fourth-order valence-electron chi connectivity index (χ4n) is 1.82. The highest BCUT2D eigenvalue weighted by atomic mass is 32.2. The molecule has 4 heteroatoms. The number of ether oxygens (including phenoxy) is 1. The van der Waals surface area contributed by atoms with Crippen LogP contribution in [0.2, 0.25) is 0 Å². The quantitative estimate of drug-likeness (QED) is 0.692. The highest BCUT2D eigenvalue weighted by Crippen LogP contribution is 2.26. The summed E-state index contributed by atoms with van der Waals surface area (Å²) >= 11 is 1.83. The van der Waals surface area contributed by atoms with Crippen molar-refractivity contribution in [3.63, 3.8) is 0 Å². The van der Waals surface area contributed by atoms with Crippen LogP contribution in [-0.4, -0.2) is 24.7 Å². The number of thioether (sulfide) groups is 1. The molecule has 0 aliphatic heterocycles. The first kappa shape index (κ1) is 16.3. The normalized spacial score (nSPS) is 12.4. The van der Waals surface area contributed by atoms with E-state index in [1.807, 2.05) is 17.8 Å². The molecular formula is C15H24FNOS. The third-order valence-electron chi connectivity index (χ3n) is 2.83. The van der Waals surface area contributed by atoms with E-state index in [0.29, 0.717) is 12.4 Å². The third-order valence-corrected chi connectivity index (χ3v) is 3.70. The Morgan fingerprint density at radius 2 is 2.16 bits per heavy atom. The van der Waals surface area contributed by atoms with Crippen LogP contribution >= 0.6 is 11.8 Å². The molecule has 0 aromatic heterocycles. The predicted molar refractivity (Wildman–Crippen MR) is 81.6 cm³/mol. The van der Waals surface area contributed by atoms with Gasteiger partial charge in [0.15, 0.2) is 0 Å². The lowest BCUT2D eigenvalue weighted by atomic mass is 10.1. The summed E-state index contributed by atoms with van der Waals surface area (Å²) in [5.74, 6) is 2.43. The molecule has 19 heavy (non-hydrogen) atoms. The summed E-state index contributed by atoms with van der Waals surface area (Å²) in [4.78, 5) is 0. The number of nitrogens with one attached hydrogen (secondary N) is 1. The summed E-state index contributed by atoms with van der Waals surface area (Å²) in [6, 6.07) is 4.96. The van der Waals surface area contributed by atoms with Crippen molar-refractivity contribution in [1.29, 1.82) is 0 Å². The van der Waals surface area contributed by atoms with Crippen LogP contribution < -0.4 is 10.1 Å².